The standard InChI is InChI=1S/C19H20N2OS/c1-12-9-10-15(11-13(12)2)19(22)21(4)14(3)18-20-16-7-5-6-8-17(16)23-18/h5-11,14H,1-4H3/t14-/m1/s1. The minimum Gasteiger partial charge on any atom is -0.333 e. The smallest absolute Gasteiger partial charge is 0.254 e. The fraction of sp³-hybridized carbons (Fsp3) is 0.263. The van der Waals surface area contributed by atoms with Crippen LogP contribution >= 0.6 is 11.3 Å². The molecule has 1 heterocycles. The van der Waals surface area contributed by atoms with Gasteiger partial charge in [-0.25, -0.2) is 4.98 Å². The lowest BCUT2D eigenvalue weighted by Crippen LogP contribution is -2.29. The average Bonchev–Trinajstić information content (AvgIpc) is 2.99. The van der Waals surface area contributed by atoms with E-state index in [0.717, 1.165) is 26.4 Å². The number of nitrogens with zero attached hydrogens (tertiary/aromatic N) is 2. The summed E-state index contributed by atoms with van der Waals surface area (Å²) in [5.41, 5.74) is 4.05. The molecule has 3 rings (SSSR count). The Labute approximate surface area is 140 Å². The van der Waals surface area contributed by atoms with Crippen LogP contribution in [-0.2, 0) is 0 Å². The number of amides is 1. The van der Waals surface area contributed by atoms with Crippen molar-refractivity contribution >= 4 is 27.5 Å². The first-order valence-electron chi connectivity index (χ1n) is 7.67. The van der Waals surface area contributed by atoms with E-state index in [1.807, 2.05) is 57.3 Å². The number of benzene rings is 2. The molecule has 4 heteroatoms. The van der Waals surface area contributed by atoms with Crippen LogP contribution in [0.15, 0.2) is 42.5 Å². The van der Waals surface area contributed by atoms with Crippen molar-refractivity contribution in [2.75, 3.05) is 7.05 Å². The molecule has 23 heavy (non-hydrogen) atoms. The van der Waals surface area contributed by atoms with Crippen molar-refractivity contribution in [1.82, 2.24) is 9.88 Å². The number of carbonyl (C=O) groups is 1. The molecule has 3 aromatic rings. The van der Waals surface area contributed by atoms with Crippen LogP contribution in [0.25, 0.3) is 10.2 Å². The Morgan fingerprint density at radius 1 is 1.13 bits per heavy atom. The number of aryl methyl sites for hydroxylation is 2. The zero-order chi connectivity index (χ0) is 16.6. The molecule has 1 aromatic heterocycles. The first-order chi connectivity index (χ1) is 11.0. The summed E-state index contributed by atoms with van der Waals surface area (Å²) in [6.45, 7) is 6.11. The minimum atomic E-state index is -0.0542. The quantitative estimate of drug-likeness (QED) is 0.697. The van der Waals surface area contributed by atoms with Crippen molar-refractivity contribution < 1.29 is 4.79 Å². The van der Waals surface area contributed by atoms with Gasteiger partial charge in [0.1, 0.15) is 5.01 Å². The molecule has 0 N–H and O–H groups in total. The van der Waals surface area contributed by atoms with E-state index in [4.69, 9.17) is 0 Å². The summed E-state index contributed by atoms with van der Waals surface area (Å²) < 4.78 is 1.15. The summed E-state index contributed by atoms with van der Waals surface area (Å²) in [7, 11) is 1.84. The third-order valence-corrected chi connectivity index (χ3v) is 5.53. The van der Waals surface area contributed by atoms with Gasteiger partial charge in [0.2, 0.25) is 0 Å². The molecular weight excluding hydrogens is 304 g/mol. The first kappa shape index (κ1) is 15.7. The Morgan fingerprint density at radius 3 is 2.57 bits per heavy atom. The number of rotatable bonds is 3. The molecule has 0 saturated carbocycles. The molecule has 1 amide bonds. The second kappa shape index (κ2) is 6.13. The average molecular weight is 324 g/mol. The summed E-state index contributed by atoms with van der Waals surface area (Å²) >= 11 is 1.65. The van der Waals surface area contributed by atoms with Gasteiger partial charge in [0, 0.05) is 12.6 Å². The summed E-state index contributed by atoms with van der Waals surface area (Å²) in [6.07, 6.45) is 0. The van der Waals surface area contributed by atoms with Gasteiger partial charge in [-0.3, -0.25) is 4.79 Å². The van der Waals surface area contributed by atoms with E-state index in [2.05, 4.69) is 18.0 Å². The topological polar surface area (TPSA) is 33.2 Å². The van der Waals surface area contributed by atoms with E-state index in [0.29, 0.717) is 0 Å². The van der Waals surface area contributed by atoms with Gasteiger partial charge in [-0.05, 0) is 56.2 Å². The second-order valence-corrected chi connectivity index (χ2v) is 6.97. The highest BCUT2D eigenvalue weighted by atomic mass is 32.1. The maximum atomic E-state index is 12.7. The SMILES string of the molecule is Cc1ccc(C(=O)N(C)[C@H](C)c2nc3ccccc3s2)cc1C. The van der Waals surface area contributed by atoms with Crippen LogP contribution in [0, 0.1) is 13.8 Å². The highest BCUT2D eigenvalue weighted by Crippen LogP contribution is 2.29. The predicted molar refractivity (Wildman–Crippen MR) is 96.0 cm³/mol. The van der Waals surface area contributed by atoms with Gasteiger partial charge in [-0.15, -0.1) is 11.3 Å². The van der Waals surface area contributed by atoms with E-state index < -0.39 is 0 Å². The number of hydrogen-bond donors (Lipinski definition) is 0. The Hall–Kier alpha value is -2.20. The van der Waals surface area contributed by atoms with Crippen LogP contribution in [0.3, 0.4) is 0 Å². The van der Waals surface area contributed by atoms with E-state index in [9.17, 15) is 4.79 Å². The summed E-state index contributed by atoms with van der Waals surface area (Å²) in [5, 5.41) is 0.964. The second-order valence-electron chi connectivity index (χ2n) is 5.91. The Balaban J connectivity index is 1.87. The van der Waals surface area contributed by atoms with Crippen molar-refractivity contribution in [2.24, 2.45) is 0 Å². The maximum Gasteiger partial charge on any atom is 0.254 e. The zero-order valence-electron chi connectivity index (χ0n) is 13.8. The fourth-order valence-electron chi connectivity index (χ4n) is 2.49. The lowest BCUT2D eigenvalue weighted by molar-refractivity contribution is 0.0742. The van der Waals surface area contributed by atoms with Crippen molar-refractivity contribution in [2.45, 2.75) is 26.8 Å². The van der Waals surface area contributed by atoms with E-state index in [-0.39, 0.29) is 11.9 Å². The third kappa shape index (κ3) is 2.99. The van der Waals surface area contributed by atoms with E-state index in [1.54, 1.807) is 16.2 Å². The molecule has 0 aliphatic heterocycles. The summed E-state index contributed by atoms with van der Waals surface area (Å²) in [4.78, 5) is 19.2. The van der Waals surface area contributed by atoms with Crippen LogP contribution in [0.2, 0.25) is 0 Å². The Morgan fingerprint density at radius 2 is 1.87 bits per heavy atom. The minimum absolute atomic E-state index is 0.0276. The number of carbonyl (C=O) groups excluding carboxylic acids is 1. The number of fused-ring (bicyclic) bond motifs is 1. The number of para-hydroxylation sites is 1. The number of aromatic nitrogens is 1. The molecule has 0 bridgehead atoms. The van der Waals surface area contributed by atoms with Crippen molar-refractivity contribution in [1.29, 1.82) is 0 Å². The molecule has 0 aliphatic rings. The molecule has 3 nitrogen and oxygen atoms in total. The Kier molecular flexibility index (Phi) is 4.18. The van der Waals surface area contributed by atoms with Gasteiger partial charge in [0.15, 0.2) is 0 Å². The molecule has 0 fully saturated rings. The molecule has 0 unspecified atom stereocenters. The normalized spacial score (nSPS) is 12.3. The largest absolute Gasteiger partial charge is 0.333 e. The van der Waals surface area contributed by atoms with Gasteiger partial charge in [-0.2, -0.15) is 0 Å². The van der Waals surface area contributed by atoms with Gasteiger partial charge in [-0.1, -0.05) is 18.2 Å². The zero-order valence-corrected chi connectivity index (χ0v) is 14.6. The fourth-order valence-corrected chi connectivity index (χ4v) is 3.55. The van der Waals surface area contributed by atoms with Crippen LogP contribution < -0.4 is 0 Å². The van der Waals surface area contributed by atoms with Crippen molar-refractivity contribution in [3.05, 3.63) is 64.2 Å². The molecular formula is C19H20N2OS. The van der Waals surface area contributed by atoms with Crippen molar-refractivity contribution in [3.8, 4) is 0 Å². The molecule has 1 atom stereocenters. The molecule has 2 aromatic carbocycles. The van der Waals surface area contributed by atoms with Gasteiger partial charge in [0.25, 0.3) is 5.91 Å². The van der Waals surface area contributed by atoms with Crippen LogP contribution in [-0.4, -0.2) is 22.8 Å². The molecule has 118 valence electrons. The molecule has 0 aliphatic carbocycles. The van der Waals surface area contributed by atoms with Gasteiger partial charge < -0.3 is 4.90 Å². The third-order valence-electron chi connectivity index (χ3n) is 4.32. The maximum absolute atomic E-state index is 12.7. The predicted octanol–water partition coefficient (Wildman–Crippen LogP) is 4.75. The van der Waals surface area contributed by atoms with E-state index >= 15 is 0 Å². The van der Waals surface area contributed by atoms with Gasteiger partial charge >= 0.3 is 0 Å². The first-order valence-corrected chi connectivity index (χ1v) is 8.49. The number of thiazole rings is 1. The lowest BCUT2D eigenvalue weighted by Gasteiger charge is -2.23. The van der Waals surface area contributed by atoms with Crippen molar-refractivity contribution in [3.63, 3.8) is 0 Å². The molecule has 0 spiro atoms. The summed E-state index contributed by atoms with van der Waals surface area (Å²) in [5.74, 6) is 0.0276. The highest BCUT2D eigenvalue weighted by Gasteiger charge is 2.22. The van der Waals surface area contributed by atoms with Crippen LogP contribution in [0.1, 0.15) is 39.5 Å². The lowest BCUT2D eigenvalue weighted by atomic mass is 10.1. The summed E-state index contributed by atoms with van der Waals surface area (Å²) in [6, 6.07) is 13.9. The number of hydrogen-bond acceptors (Lipinski definition) is 3. The van der Waals surface area contributed by atoms with Gasteiger partial charge in [0.05, 0.1) is 16.3 Å². The molecule has 0 saturated heterocycles. The Bertz CT molecular complexity index is 836. The molecule has 0 radical (unpaired) electrons. The van der Waals surface area contributed by atoms with Crippen LogP contribution in [0.4, 0.5) is 0 Å². The van der Waals surface area contributed by atoms with E-state index in [1.165, 1.54) is 5.56 Å². The monoisotopic (exact) mass is 324 g/mol. The van der Waals surface area contributed by atoms with Crippen LogP contribution in [0.5, 0.6) is 0 Å². The highest BCUT2D eigenvalue weighted by molar-refractivity contribution is 7.18.